The van der Waals surface area contributed by atoms with Crippen molar-refractivity contribution >= 4 is 29.5 Å². The van der Waals surface area contributed by atoms with Crippen LogP contribution in [0.25, 0.3) is 0 Å². The molecule has 0 aromatic rings. The molecule has 0 aliphatic heterocycles. The zero-order chi connectivity index (χ0) is 38.7. The van der Waals surface area contributed by atoms with Gasteiger partial charge in [0.05, 0.1) is 19.7 Å². The number of hydrogen-bond donors (Lipinski definition) is 5. The molecule has 284 valence electrons. The van der Waals surface area contributed by atoms with Gasteiger partial charge in [0.1, 0.15) is 6.61 Å². The van der Waals surface area contributed by atoms with E-state index in [4.69, 9.17) is 4.74 Å². The van der Waals surface area contributed by atoms with Gasteiger partial charge in [-0.15, -0.1) is 17.8 Å². The molecule has 50 heavy (non-hydrogen) atoms. The van der Waals surface area contributed by atoms with Crippen molar-refractivity contribution in [3.63, 3.8) is 0 Å². The third-order valence-electron chi connectivity index (χ3n) is 5.96. The summed E-state index contributed by atoms with van der Waals surface area (Å²) in [6, 6.07) is 0. The first-order valence-electron chi connectivity index (χ1n) is 17.3. The fraction of sp³-hybridized carbons (Fsp3) is 0.658. The first-order valence-corrected chi connectivity index (χ1v) is 17.3. The Morgan fingerprint density at radius 2 is 1.14 bits per heavy atom. The first kappa shape index (κ1) is 52.5. The Bertz CT molecular complexity index is 1110. The second kappa shape index (κ2) is 44.7. The van der Waals surface area contributed by atoms with Crippen LogP contribution in [0.15, 0.2) is 12.2 Å². The molecule has 0 saturated carbocycles. The molecular weight excluding hydrogens is 636 g/mol. The summed E-state index contributed by atoms with van der Waals surface area (Å²) in [5.41, 5.74) is 0. The first-order chi connectivity index (χ1) is 23.9. The predicted molar refractivity (Wildman–Crippen MR) is 204 cm³/mol. The molecule has 0 unspecified atom stereocenters. The SMILES string of the molecule is CC#CCNC(=O)CCCCCNC(C)=O.CC#CCNC(C)=O.CC#CCOCCN(C)CC.CC=CC(=O)NCCCCCNC(C)=O. The maximum Gasteiger partial charge on any atom is 0.243 e. The van der Waals surface area contributed by atoms with Gasteiger partial charge in [0.2, 0.25) is 29.5 Å². The predicted octanol–water partition coefficient (Wildman–Crippen LogP) is 2.93. The number of unbranched alkanes of at least 4 members (excludes halogenated alkanes) is 4. The Balaban J connectivity index is -0.000000291. The van der Waals surface area contributed by atoms with Crippen molar-refractivity contribution < 1.29 is 28.7 Å². The third-order valence-corrected chi connectivity index (χ3v) is 5.96. The van der Waals surface area contributed by atoms with Gasteiger partial charge in [-0.05, 0) is 79.5 Å². The number of carbonyl (C=O) groups is 5. The van der Waals surface area contributed by atoms with Crippen LogP contribution in [0.4, 0.5) is 0 Å². The molecule has 0 aromatic heterocycles. The van der Waals surface area contributed by atoms with E-state index in [9.17, 15) is 24.0 Å². The van der Waals surface area contributed by atoms with Crippen molar-refractivity contribution in [2.24, 2.45) is 0 Å². The highest BCUT2D eigenvalue weighted by Crippen LogP contribution is 1.98. The fourth-order valence-corrected chi connectivity index (χ4v) is 3.12. The van der Waals surface area contributed by atoms with Crippen molar-refractivity contribution in [1.29, 1.82) is 0 Å². The monoisotopic (exact) mass is 703 g/mol. The van der Waals surface area contributed by atoms with Crippen LogP contribution < -0.4 is 26.6 Å². The van der Waals surface area contributed by atoms with Gasteiger partial charge in [-0.25, -0.2) is 0 Å². The summed E-state index contributed by atoms with van der Waals surface area (Å²) < 4.78 is 5.23. The fourth-order valence-electron chi connectivity index (χ4n) is 3.12. The highest BCUT2D eigenvalue weighted by molar-refractivity contribution is 5.87. The Hall–Kier alpha value is -4.31. The standard InChI is InChI=1S/C12H20N2O2.C11H20N2O2.C9H17NO.C6H9NO/c1-3-4-9-14-12(16)8-6-5-7-10-13-11(2)15;1-3-7-11(15)13-9-6-4-5-8-12-10(2)14;1-4-6-8-11-9-7-10(3)5-2;1-3-4-5-7-6(2)8/h5-10H2,1-2H3,(H,13,15)(H,14,16);3,7H,4-6,8-9H2,1-2H3,(H,12,14)(H,13,15);5,7-9H2,1-3H3;5H2,1-2H3,(H,7,8). The van der Waals surface area contributed by atoms with E-state index in [1.165, 1.54) is 26.8 Å². The van der Waals surface area contributed by atoms with Crippen LogP contribution in [0, 0.1) is 35.5 Å². The smallest absolute Gasteiger partial charge is 0.243 e. The van der Waals surface area contributed by atoms with Crippen LogP contribution >= 0.6 is 0 Å². The molecule has 0 heterocycles. The van der Waals surface area contributed by atoms with Crippen molar-refractivity contribution in [1.82, 2.24) is 31.5 Å². The van der Waals surface area contributed by atoms with Crippen LogP contribution in [-0.4, -0.2) is 101 Å². The number of nitrogens with one attached hydrogen (secondary N) is 5. The van der Waals surface area contributed by atoms with Crippen LogP contribution in [0.3, 0.4) is 0 Å². The van der Waals surface area contributed by atoms with Gasteiger partial charge in [-0.3, -0.25) is 24.0 Å². The van der Waals surface area contributed by atoms with Crippen molar-refractivity contribution in [3.8, 4) is 35.5 Å². The van der Waals surface area contributed by atoms with Gasteiger partial charge in [0.15, 0.2) is 0 Å². The minimum Gasteiger partial charge on any atom is -0.367 e. The van der Waals surface area contributed by atoms with E-state index in [-0.39, 0.29) is 29.5 Å². The van der Waals surface area contributed by atoms with Crippen LogP contribution in [-0.2, 0) is 28.7 Å². The lowest BCUT2D eigenvalue weighted by molar-refractivity contribution is -0.121. The third kappa shape index (κ3) is 59.1. The average Bonchev–Trinajstić information content (AvgIpc) is 3.06. The quantitative estimate of drug-likeness (QED) is 0.0742. The number of allylic oxidation sites excluding steroid dienone is 1. The molecule has 0 spiro atoms. The summed E-state index contributed by atoms with van der Waals surface area (Å²) in [4.78, 5) is 55.6. The molecule has 12 heteroatoms. The van der Waals surface area contributed by atoms with Crippen molar-refractivity contribution in [2.45, 2.75) is 100 Å². The molecular formula is C38H66N6O6. The number of likely N-dealkylation sites (N-methyl/N-ethyl adjacent to an activating group) is 1. The highest BCUT2D eigenvalue weighted by Gasteiger charge is 1.99. The summed E-state index contributed by atoms with van der Waals surface area (Å²) >= 11 is 0. The van der Waals surface area contributed by atoms with E-state index in [2.05, 4.69) is 81.0 Å². The molecule has 5 amide bonds. The van der Waals surface area contributed by atoms with Gasteiger partial charge >= 0.3 is 0 Å². The second-order valence-electron chi connectivity index (χ2n) is 10.5. The Morgan fingerprint density at radius 3 is 1.60 bits per heavy atom. The molecule has 0 bridgehead atoms. The summed E-state index contributed by atoms with van der Waals surface area (Å²) in [7, 11) is 2.08. The van der Waals surface area contributed by atoms with Crippen LogP contribution in [0.5, 0.6) is 0 Å². The molecule has 0 saturated heterocycles. The minimum absolute atomic E-state index is 0.00381. The van der Waals surface area contributed by atoms with Gasteiger partial charge in [0.25, 0.3) is 0 Å². The molecule has 0 aromatic carbocycles. The number of nitrogens with zero attached hydrogens (tertiary/aromatic N) is 1. The number of ether oxygens (including phenoxy) is 1. The normalized spacial score (nSPS) is 9.08. The Labute approximate surface area is 303 Å². The van der Waals surface area contributed by atoms with E-state index in [1.54, 1.807) is 19.9 Å². The van der Waals surface area contributed by atoms with E-state index < -0.39 is 0 Å². The maximum absolute atomic E-state index is 11.2. The highest BCUT2D eigenvalue weighted by atomic mass is 16.5. The summed E-state index contributed by atoms with van der Waals surface area (Å²) in [6.07, 6.45) is 9.40. The van der Waals surface area contributed by atoms with Crippen molar-refractivity contribution in [3.05, 3.63) is 12.2 Å². The largest absolute Gasteiger partial charge is 0.367 e. The topological polar surface area (TPSA) is 158 Å². The number of rotatable bonds is 20. The summed E-state index contributed by atoms with van der Waals surface area (Å²) in [5, 5.41) is 13.5. The minimum atomic E-state index is -0.0423. The average molecular weight is 703 g/mol. The lowest BCUT2D eigenvalue weighted by Crippen LogP contribution is -2.23. The van der Waals surface area contributed by atoms with Crippen LogP contribution in [0.2, 0.25) is 0 Å². The van der Waals surface area contributed by atoms with Crippen LogP contribution in [0.1, 0.15) is 100 Å². The lowest BCUT2D eigenvalue weighted by Gasteiger charge is -2.12. The van der Waals surface area contributed by atoms with E-state index >= 15 is 0 Å². The zero-order valence-electron chi connectivity index (χ0n) is 32.4. The second-order valence-corrected chi connectivity index (χ2v) is 10.5. The van der Waals surface area contributed by atoms with Gasteiger partial charge in [-0.2, -0.15) is 0 Å². The van der Waals surface area contributed by atoms with E-state index in [0.717, 1.165) is 64.8 Å². The van der Waals surface area contributed by atoms with E-state index in [0.29, 0.717) is 39.2 Å². The number of amides is 5. The molecule has 12 nitrogen and oxygen atoms in total. The van der Waals surface area contributed by atoms with E-state index in [1.807, 2.05) is 13.8 Å². The Morgan fingerprint density at radius 1 is 0.660 bits per heavy atom. The van der Waals surface area contributed by atoms with Gasteiger partial charge in [0, 0.05) is 53.4 Å². The van der Waals surface area contributed by atoms with Gasteiger partial charge < -0.3 is 36.2 Å². The zero-order valence-corrected chi connectivity index (χ0v) is 32.4. The molecule has 0 radical (unpaired) electrons. The van der Waals surface area contributed by atoms with Gasteiger partial charge in [-0.1, -0.05) is 37.2 Å². The molecule has 0 aliphatic rings. The summed E-state index contributed by atoms with van der Waals surface area (Å²) in [5.74, 6) is 16.4. The molecule has 0 aliphatic carbocycles. The number of hydrogen-bond acceptors (Lipinski definition) is 7. The van der Waals surface area contributed by atoms with Crippen molar-refractivity contribution in [2.75, 3.05) is 66.1 Å². The Kier molecular flexibility index (Phi) is 46.9. The molecule has 5 N–H and O–H groups in total. The maximum atomic E-state index is 11.2. The molecule has 0 fully saturated rings. The lowest BCUT2D eigenvalue weighted by atomic mass is 10.2. The summed E-state index contributed by atoms with van der Waals surface area (Å²) in [6.45, 7) is 20.1. The molecule has 0 rings (SSSR count). The number of carbonyl (C=O) groups excluding carboxylic acids is 5. The molecule has 0 atom stereocenters.